The van der Waals surface area contributed by atoms with Crippen LogP contribution in [0.2, 0.25) is 5.02 Å². The number of rotatable bonds is 4. The van der Waals surface area contributed by atoms with Crippen LogP contribution in [0.1, 0.15) is 47.9 Å². The number of primary amides is 1. The third-order valence-electron chi connectivity index (χ3n) is 3.69. The van der Waals surface area contributed by atoms with Crippen LogP contribution >= 0.6 is 11.6 Å². The fourth-order valence-corrected chi connectivity index (χ4v) is 3.04. The van der Waals surface area contributed by atoms with Crippen LogP contribution in [0.4, 0.5) is 0 Å². The maximum Gasteiger partial charge on any atom is 0.264 e. The van der Waals surface area contributed by atoms with Gasteiger partial charge in [0.25, 0.3) is 11.8 Å². The van der Waals surface area contributed by atoms with Gasteiger partial charge in [0.15, 0.2) is 0 Å². The highest BCUT2D eigenvalue weighted by atomic mass is 35.5. The average molecular weight is 309 g/mol. The highest BCUT2D eigenvalue weighted by Gasteiger charge is 2.50. The molecule has 0 aromatic heterocycles. The van der Waals surface area contributed by atoms with Gasteiger partial charge in [-0.25, -0.2) is 0 Å². The number of carbonyl (C=O) groups is 3. The number of hydrogen-bond acceptors (Lipinski definition) is 3. The number of fused-ring (bicyclic) bond motifs is 1. The Morgan fingerprint density at radius 3 is 2.43 bits per heavy atom. The van der Waals surface area contributed by atoms with Crippen molar-refractivity contribution >= 4 is 29.3 Å². The fourth-order valence-electron chi connectivity index (χ4n) is 2.79. The first-order valence-corrected chi connectivity index (χ1v) is 7.05. The van der Waals surface area contributed by atoms with Gasteiger partial charge in [0.1, 0.15) is 5.54 Å². The zero-order valence-electron chi connectivity index (χ0n) is 12.1. The molecule has 0 aliphatic carbocycles. The molecule has 1 aliphatic rings. The summed E-state index contributed by atoms with van der Waals surface area (Å²) in [6, 6.07) is 4.66. The SMILES string of the molecule is CC(C)CC(C)(C(N)=O)N1C(=O)c2cccc(Cl)c2C1=O. The predicted molar refractivity (Wildman–Crippen MR) is 79.0 cm³/mol. The van der Waals surface area contributed by atoms with Crippen molar-refractivity contribution < 1.29 is 14.4 Å². The number of nitrogens with zero attached hydrogens (tertiary/aromatic N) is 1. The van der Waals surface area contributed by atoms with Crippen molar-refractivity contribution in [2.24, 2.45) is 11.7 Å². The minimum Gasteiger partial charge on any atom is -0.368 e. The van der Waals surface area contributed by atoms with E-state index in [4.69, 9.17) is 17.3 Å². The number of amides is 3. The second kappa shape index (κ2) is 5.15. The predicted octanol–water partition coefficient (Wildman–Crippen LogP) is 2.23. The van der Waals surface area contributed by atoms with Crippen molar-refractivity contribution in [3.63, 3.8) is 0 Å². The van der Waals surface area contributed by atoms with Gasteiger partial charge >= 0.3 is 0 Å². The summed E-state index contributed by atoms with van der Waals surface area (Å²) >= 11 is 6.01. The molecule has 0 bridgehead atoms. The minimum absolute atomic E-state index is 0.0854. The maximum atomic E-state index is 12.6. The maximum absolute atomic E-state index is 12.6. The molecule has 0 radical (unpaired) electrons. The largest absolute Gasteiger partial charge is 0.368 e. The lowest BCUT2D eigenvalue weighted by molar-refractivity contribution is -0.127. The van der Waals surface area contributed by atoms with E-state index in [1.54, 1.807) is 12.1 Å². The molecule has 1 aromatic rings. The third-order valence-corrected chi connectivity index (χ3v) is 4.01. The number of benzene rings is 1. The summed E-state index contributed by atoms with van der Waals surface area (Å²) in [7, 11) is 0. The summed E-state index contributed by atoms with van der Waals surface area (Å²) in [4.78, 5) is 38.0. The van der Waals surface area contributed by atoms with E-state index in [0.717, 1.165) is 4.90 Å². The van der Waals surface area contributed by atoms with Gasteiger partial charge in [0, 0.05) is 0 Å². The lowest BCUT2D eigenvalue weighted by atomic mass is 9.88. The molecule has 0 saturated carbocycles. The van der Waals surface area contributed by atoms with E-state index in [1.165, 1.54) is 13.0 Å². The Hall–Kier alpha value is -1.88. The molecule has 6 heteroatoms. The van der Waals surface area contributed by atoms with E-state index in [2.05, 4.69) is 0 Å². The average Bonchev–Trinajstić information content (AvgIpc) is 2.62. The Labute approximate surface area is 128 Å². The topological polar surface area (TPSA) is 80.5 Å². The third kappa shape index (κ3) is 2.31. The van der Waals surface area contributed by atoms with Gasteiger partial charge in [-0.1, -0.05) is 31.5 Å². The van der Waals surface area contributed by atoms with Crippen molar-refractivity contribution in [2.75, 3.05) is 0 Å². The van der Waals surface area contributed by atoms with E-state index in [0.29, 0.717) is 6.42 Å². The van der Waals surface area contributed by atoms with Crippen molar-refractivity contribution in [1.82, 2.24) is 4.90 Å². The van der Waals surface area contributed by atoms with E-state index in [-0.39, 0.29) is 22.1 Å². The first-order valence-electron chi connectivity index (χ1n) is 6.67. The second-order valence-corrected chi connectivity index (χ2v) is 6.25. The Bertz CT molecular complexity index is 642. The minimum atomic E-state index is -1.37. The zero-order chi connectivity index (χ0) is 15.9. The number of nitrogens with two attached hydrogens (primary N) is 1. The van der Waals surface area contributed by atoms with Crippen LogP contribution in [0.15, 0.2) is 18.2 Å². The van der Waals surface area contributed by atoms with Gasteiger partial charge in [-0.05, 0) is 31.4 Å². The van der Waals surface area contributed by atoms with Gasteiger partial charge in [0.2, 0.25) is 5.91 Å². The van der Waals surface area contributed by atoms with Crippen molar-refractivity contribution in [3.8, 4) is 0 Å². The summed E-state index contributed by atoms with van der Waals surface area (Å²) in [6.07, 6.45) is 0.297. The Morgan fingerprint density at radius 1 is 1.33 bits per heavy atom. The smallest absolute Gasteiger partial charge is 0.264 e. The number of hydrogen-bond donors (Lipinski definition) is 1. The number of carbonyl (C=O) groups excluding carboxylic acids is 3. The molecule has 0 spiro atoms. The first-order chi connectivity index (χ1) is 9.70. The van der Waals surface area contributed by atoms with Gasteiger partial charge in [-0.3, -0.25) is 19.3 Å². The highest BCUT2D eigenvalue weighted by molar-refractivity contribution is 6.37. The normalized spacial score (nSPS) is 17.1. The summed E-state index contributed by atoms with van der Waals surface area (Å²) in [5.74, 6) is -1.72. The molecule has 1 aliphatic heterocycles. The van der Waals surface area contributed by atoms with E-state index >= 15 is 0 Å². The van der Waals surface area contributed by atoms with Crippen LogP contribution in [-0.2, 0) is 4.79 Å². The molecule has 1 aromatic carbocycles. The standard InChI is InChI=1S/C15H17ClN2O3/c1-8(2)7-15(3,14(17)21)18-12(19)9-5-4-6-10(16)11(9)13(18)20/h4-6,8H,7H2,1-3H3,(H2,17,21). The van der Waals surface area contributed by atoms with Crippen LogP contribution in [0.3, 0.4) is 0 Å². The van der Waals surface area contributed by atoms with Crippen LogP contribution in [0.5, 0.6) is 0 Å². The monoisotopic (exact) mass is 308 g/mol. The van der Waals surface area contributed by atoms with Crippen LogP contribution in [0.25, 0.3) is 0 Å². The van der Waals surface area contributed by atoms with Gasteiger partial charge in [-0.15, -0.1) is 0 Å². The highest BCUT2D eigenvalue weighted by Crippen LogP contribution is 2.36. The Morgan fingerprint density at radius 2 is 1.95 bits per heavy atom. The lowest BCUT2D eigenvalue weighted by Gasteiger charge is -2.35. The summed E-state index contributed by atoms with van der Waals surface area (Å²) in [5.41, 5.74) is 4.46. The van der Waals surface area contributed by atoms with Crippen LogP contribution in [0, 0.1) is 5.92 Å². The van der Waals surface area contributed by atoms with Gasteiger partial charge in [0.05, 0.1) is 16.1 Å². The van der Waals surface area contributed by atoms with Crippen LogP contribution < -0.4 is 5.73 Å². The van der Waals surface area contributed by atoms with Gasteiger partial charge < -0.3 is 5.73 Å². The molecular formula is C15H17ClN2O3. The molecule has 5 nitrogen and oxygen atoms in total. The summed E-state index contributed by atoms with van der Waals surface area (Å²) in [6.45, 7) is 5.31. The van der Waals surface area contributed by atoms with E-state index < -0.39 is 23.3 Å². The molecule has 1 atom stereocenters. The first kappa shape index (κ1) is 15.5. The summed E-state index contributed by atoms with van der Waals surface area (Å²) < 4.78 is 0. The molecular weight excluding hydrogens is 292 g/mol. The van der Waals surface area contributed by atoms with E-state index in [1.807, 2.05) is 13.8 Å². The lowest BCUT2D eigenvalue weighted by Crippen LogP contribution is -2.58. The molecule has 2 N–H and O–H groups in total. The van der Waals surface area contributed by atoms with Crippen LogP contribution in [-0.4, -0.2) is 28.2 Å². The molecule has 2 rings (SSSR count). The molecule has 0 saturated heterocycles. The Balaban J connectivity index is 2.56. The zero-order valence-corrected chi connectivity index (χ0v) is 12.9. The quantitative estimate of drug-likeness (QED) is 0.866. The molecule has 112 valence electrons. The van der Waals surface area contributed by atoms with Crippen molar-refractivity contribution in [2.45, 2.75) is 32.7 Å². The summed E-state index contributed by atoms with van der Waals surface area (Å²) in [5, 5.41) is 0.199. The molecule has 21 heavy (non-hydrogen) atoms. The second-order valence-electron chi connectivity index (χ2n) is 5.84. The van der Waals surface area contributed by atoms with Crippen molar-refractivity contribution in [1.29, 1.82) is 0 Å². The number of halogens is 1. The number of imide groups is 1. The fraction of sp³-hybridized carbons (Fsp3) is 0.400. The van der Waals surface area contributed by atoms with Crippen molar-refractivity contribution in [3.05, 3.63) is 34.3 Å². The Kier molecular flexibility index (Phi) is 3.80. The van der Waals surface area contributed by atoms with E-state index in [9.17, 15) is 14.4 Å². The molecule has 3 amide bonds. The molecule has 0 fully saturated rings. The molecule has 1 unspecified atom stereocenters. The van der Waals surface area contributed by atoms with Gasteiger partial charge in [-0.2, -0.15) is 0 Å². The molecule has 1 heterocycles.